The molecule has 9 heteroatoms. The third-order valence-electron chi connectivity index (χ3n) is 3.77. The van der Waals surface area contributed by atoms with Crippen LogP contribution in [-0.2, 0) is 16.1 Å². The molecule has 1 saturated carbocycles. The van der Waals surface area contributed by atoms with E-state index in [0.29, 0.717) is 17.0 Å². The standard InChI is InChI=1S/C15H15N7O2/c23-13(18-11-3-1-2-10-14(11)17-8-16-10)7-22-6-12(20-21-22)19-15(24)9-4-5-9/h1-3,6,8-9H,4-5,7H2,(H,16,17)(H,18,23)(H,19,24). The topological polar surface area (TPSA) is 118 Å². The first-order valence-electron chi connectivity index (χ1n) is 7.62. The number of benzene rings is 1. The lowest BCUT2D eigenvalue weighted by molar-refractivity contribution is -0.117. The number of anilines is 2. The Morgan fingerprint density at radius 2 is 2.17 bits per heavy atom. The van der Waals surface area contributed by atoms with E-state index in [4.69, 9.17) is 0 Å². The molecule has 0 radical (unpaired) electrons. The number of aromatic nitrogens is 5. The number of hydrogen-bond acceptors (Lipinski definition) is 5. The van der Waals surface area contributed by atoms with E-state index in [1.54, 1.807) is 12.4 Å². The van der Waals surface area contributed by atoms with Crippen molar-refractivity contribution in [3.63, 3.8) is 0 Å². The number of hydrogen-bond donors (Lipinski definition) is 3. The molecule has 0 saturated heterocycles. The smallest absolute Gasteiger partial charge is 0.246 e. The SMILES string of the molecule is O=C(Cn1cc(NC(=O)C2CC2)nn1)Nc1cccc2[nH]cnc12. The average molecular weight is 325 g/mol. The van der Waals surface area contributed by atoms with Crippen LogP contribution in [0.15, 0.2) is 30.7 Å². The molecule has 2 aromatic heterocycles. The lowest BCUT2D eigenvalue weighted by Gasteiger charge is -2.05. The Bertz CT molecular complexity index is 909. The summed E-state index contributed by atoms with van der Waals surface area (Å²) in [5.74, 6) is 0.147. The van der Waals surface area contributed by atoms with Crippen LogP contribution in [-0.4, -0.2) is 36.8 Å². The van der Waals surface area contributed by atoms with E-state index in [-0.39, 0.29) is 24.3 Å². The van der Waals surface area contributed by atoms with E-state index in [1.807, 2.05) is 12.1 Å². The number of H-pyrrole nitrogens is 1. The molecule has 9 nitrogen and oxygen atoms in total. The largest absolute Gasteiger partial charge is 0.345 e. The van der Waals surface area contributed by atoms with E-state index in [0.717, 1.165) is 18.4 Å². The van der Waals surface area contributed by atoms with Gasteiger partial charge in [0.05, 0.1) is 23.7 Å². The number of nitrogens with zero attached hydrogens (tertiary/aromatic N) is 4. The summed E-state index contributed by atoms with van der Waals surface area (Å²) in [6, 6.07) is 5.49. The zero-order chi connectivity index (χ0) is 16.5. The quantitative estimate of drug-likeness (QED) is 0.650. The molecule has 0 unspecified atom stereocenters. The molecule has 0 bridgehead atoms. The number of imidazole rings is 1. The molecule has 1 fully saturated rings. The maximum Gasteiger partial charge on any atom is 0.246 e. The van der Waals surface area contributed by atoms with Gasteiger partial charge in [-0.25, -0.2) is 9.67 Å². The number of aromatic amines is 1. The van der Waals surface area contributed by atoms with Crippen LogP contribution >= 0.6 is 0 Å². The Morgan fingerprint density at radius 3 is 3.00 bits per heavy atom. The number of carbonyl (C=O) groups is 2. The normalized spacial score (nSPS) is 13.8. The van der Waals surface area contributed by atoms with Crippen LogP contribution in [0.1, 0.15) is 12.8 Å². The van der Waals surface area contributed by atoms with Gasteiger partial charge in [0.15, 0.2) is 5.82 Å². The van der Waals surface area contributed by atoms with Crippen molar-refractivity contribution in [2.75, 3.05) is 10.6 Å². The molecule has 0 aliphatic heterocycles. The van der Waals surface area contributed by atoms with Gasteiger partial charge in [-0.05, 0) is 25.0 Å². The molecule has 122 valence electrons. The Kier molecular flexibility index (Phi) is 3.45. The van der Waals surface area contributed by atoms with Crippen molar-refractivity contribution < 1.29 is 9.59 Å². The predicted molar refractivity (Wildman–Crippen MR) is 86.1 cm³/mol. The van der Waals surface area contributed by atoms with Crippen molar-refractivity contribution in [1.82, 2.24) is 25.0 Å². The Hall–Kier alpha value is -3.23. The summed E-state index contributed by atoms with van der Waals surface area (Å²) in [4.78, 5) is 31.0. The molecule has 4 rings (SSSR count). The van der Waals surface area contributed by atoms with Gasteiger partial charge in [0, 0.05) is 5.92 Å². The zero-order valence-electron chi connectivity index (χ0n) is 12.7. The summed E-state index contributed by atoms with van der Waals surface area (Å²) in [7, 11) is 0. The van der Waals surface area contributed by atoms with Crippen LogP contribution in [0.4, 0.5) is 11.5 Å². The van der Waals surface area contributed by atoms with Crippen molar-refractivity contribution in [2.45, 2.75) is 19.4 Å². The molecule has 3 N–H and O–H groups in total. The first-order valence-corrected chi connectivity index (χ1v) is 7.62. The number of carbonyl (C=O) groups excluding carboxylic acids is 2. The summed E-state index contributed by atoms with van der Waals surface area (Å²) in [5, 5.41) is 13.2. The second-order valence-electron chi connectivity index (χ2n) is 5.72. The molecule has 1 aliphatic carbocycles. The molecule has 1 aliphatic rings. The molecule has 0 spiro atoms. The van der Waals surface area contributed by atoms with Crippen molar-refractivity contribution in [1.29, 1.82) is 0 Å². The molecular formula is C15H15N7O2. The van der Waals surface area contributed by atoms with Gasteiger partial charge in [-0.2, -0.15) is 0 Å². The molecule has 3 aromatic rings. The van der Waals surface area contributed by atoms with E-state index < -0.39 is 0 Å². The fourth-order valence-electron chi connectivity index (χ4n) is 2.41. The van der Waals surface area contributed by atoms with Crippen LogP contribution in [0.3, 0.4) is 0 Å². The van der Waals surface area contributed by atoms with Gasteiger partial charge in [0.25, 0.3) is 0 Å². The summed E-state index contributed by atoms with van der Waals surface area (Å²) in [6.07, 6.45) is 4.95. The number of amides is 2. The summed E-state index contributed by atoms with van der Waals surface area (Å²) in [5.41, 5.74) is 2.17. The minimum Gasteiger partial charge on any atom is -0.345 e. The van der Waals surface area contributed by atoms with Crippen molar-refractivity contribution in [2.24, 2.45) is 5.92 Å². The lowest BCUT2D eigenvalue weighted by Crippen LogP contribution is -2.19. The first kappa shape index (κ1) is 14.4. The summed E-state index contributed by atoms with van der Waals surface area (Å²) < 4.78 is 1.38. The van der Waals surface area contributed by atoms with Gasteiger partial charge in [-0.3, -0.25) is 9.59 Å². The van der Waals surface area contributed by atoms with Crippen molar-refractivity contribution >= 4 is 34.4 Å². The third-order valence-corrected chi connectivity index (χ3v) is 3.77. The van der Waals surface area contributed by atoms with Crippen molar-refractivity contribution in [3.8, 4) is 0 Å². The highest BCUT2D eigenvalue weighted by Gasteiger charge is 2.30. The highest BCUT2D eigenvalue weighted by atomic mass is 16.2. The Labute approximate surface area is 136 Å². The first-order chi connectivity index (χ1) is 11.7. The van der Waals surface area contributed by atoms with Gasteiger partial charge < -0.3 is 15.6 Å². The van der Waals surface area contributed by atoms with E-state index in [1.165, 1.54) is 10.9 Å². The maximum absolute atomic E-state index is 12.2. The fourth-order valence-corrected chi connectivity index (χ4v) is 2.41. The van der Waals surface area contributed by atoms with Crippen LogP contribution in [0.2, 0.25) is 0 Å². The molecule has 2 amide bonds. The highest BCUT2D eigenvalue weighted by molar-refractivity contribution is 5.99. The van der Waals surface area contributed by atoms with Gasteiger partial charge in [0.2, 0.25) is 11.8 Å². The van der Waals surface area contributed by atoms with E-state index >= 15 is 0 Å². The van der Waals surface area contributed by atoms with Gasteiger partial charge in [-0.1, -0.05) is 11.3 Å². The van der Waals surface area contributed by atoms with E-state index in [9.17, 15) is 9.59 Å². The maximum atomic E-state index is 12.2. The molecule has 2 heterocycles. The van der Waals surface area contributed by atoms with Gasteiger partial charge in [-0.15, -0.1) is 5.10 Å². The highest BCUT2D eigenvalue weighted by Crippen LogP contribution is 2.29. The third kappa shape index (κ3) is 2.96. The number of fused-ring (bicyclic) bond motifs is 1. The van der Waals surface area contributed by atoms with E-state index in [2.05, 4.69) is 30.9 Å². The number of nitrogens with one attached hydrogen (secondary N) is 3. The average Bonchev–Trinajstić information content (AvgIpc) is 3.15. The molecule has 0 atom stereocenters. The van der Waals surface area contributed by atoms with Crippen molar-refractivity contribution in [3.05, 3.63) is 30.7 Å². The van der Waals surface area contributed by atoms with Gasteiger partial charge in [0.1, 0.15) is 12.1 Å². The molecule has 24 heavy (non-hydrogen) atoms. The summed E-state index contributed by atoms with van der Waals surface area (Å²) >= 11 is 0. The monoisotopic (exact) mass is 325 g/mol. The lowest BCUT2D eigenvalue weighted by atomic mass is 10.2. The second-order valence-corrected chi connectivity index (χ2v) is 5.72. The van der Waals surface area contributed by atoms with Crippen LogP contribution < -0.4 is 10.6 Å². The zero-order valence-corrected chi connectivity index (χ0v) is 12.7. The molecule has 1 aromatic carbocycles. The van der Waals surface area contributed by atoms with Crippen LogP contribution in [0.5, 0.6) is 0 Å². The molecular weight excluding hydrogens is 310 g/mol. The van der Waals surface area contributed by atoms with Gasteiger partial charge >= 0.3 is 0 Å². The van der Waals surface area contributed by atoms with Crippen LogP contribution in [0.25, 0.3) is 11.0 Å². The second kappa shape index (κ2) is 5.76. The minimum atomic E-state index is -0.254. The summed E-state index contributed by atoms with van der Waals surface area (Å²) in [6.45, 7) is -0.00684. The van der Waals surface area contributed by atoms with Crippen LogP contribution in [0, 0.1) is 5.92 Å². The Balaban J connectivity index is 1.40. The Morgan fingerprint density at radius 1 is 1.29 bits per heavy atom. The number of rotatable bonds is 5. The minimum absolute atomic E-state index is 0.00684. The fraction of sp³-hybridized carbons (Fsp3) is 0.267. The number of para-hydroxylation sites is 1. The predicted octanol–water partition coefficient (Wildman–Crippen LogP) is 1.14.